The summed E-state index contributed by atoms with van der Waals surface area (Å²) < 4.78 is 0. The minimum absolute atomic E-state index is 0. The van der Waals surface area contributed by atoms with Gasteiger partial charge in [0.2, 0.25) is 11.6 Å². The van der Waals surface area contributed by atoms with E-state index in [0.29, 0.717) is 11.6 Å². The molecule has 2 atom stereocenters. The second-order valence-electron chi connectivity index (χ2n) is 3.54. The average molecular weight is 410 g/mol. The number of hydrogen-bond donors (Lipinski definition) is 2. The fraction of sp³-hybridized carbons (Fsp3) is 0.167. The molecule has 0 aliphatic carbocycles. The smallest absolute Gasteiger partial charge is 1.00 e. The molecule has 2 rings (SSSR count). The van der Waals surface area contributed by atoms with E-state index in [4.69, 9.17) is 0 Å². The maximum atomic E-state index is 10.6. The molecule has 2 N–H and O–H groups in total. The van der Waals surface area contributed by atoms with Crippen LogP contribution in [0.15, 0.2) is 48.8 Å². The molecule has 6 nitrogen and oxygen atoms in total. The van der Waals surface area contributed by atoms with Gasteiger partial charge >= 0.3 is 26.2 Å². The molecule has 2 unspecified atom stereocenters. The van der Waals surface area contributed by atoms with Gasteiger partial charge in [-0.25, -0.2) is 9.97 Å². The van der Waals surface area contributed by atoms with E-state index in [1.807, 2.05) is 0 Å². The van der Waals surface area contributed by atoms with Crippen LogP contribution in [0.4, 0.5) is 11.6 Å². The molecule has 21 heavy (non-hydrogen) atoms. The van der Waals surface area contributed by atoms with E-state index >= 15 is 0 Å². The van der Waals surface area contributed by atoms with Crippen LogP contribution in [-0.2, 0) is 26.2 Å². The normalized spacial score (nSPS) is 11.2. The van der Waals surface area contributed by atoms with E-state index in [9.17, 15) is 10.4 Å². The van der Waals surface area contributed by atoms with Gasteiger partial charge in [0.25, 0.3) is 0 Å². The number of aromatic nitrogens is 2. The van der Waals surface area contributed by atoms with Crippen LogP contribution in [0.5, 0.6) is 0 Å². The Hall–Kier alpha value is -0.397. The zero-order chi connectivity index (χ0) is 13.4. The molecule has 0 saturated carbocycles. The largest absolute Gasteiger partial charge is 2.00 e. The van der Waals surface area contributed by atoms with Crippen LogP contribution < -0.4 is 34.9 Å². The van der Waals surface area contributed by atoms with Gasteiger partial charge in [0.15, 0.2) is 0 Å². The minimum Gasteiger partial charge on any atom is -1.00 e. The molecule has 2 aromatic heterocycles. The first-order valence-electron chi connectivity index (χ1n) is 5.45. The monoisotopic (exact) mass is 408 g/mol. The summed E-state index contributed by atoms with van der Waals surface area (Å²) in [6, 6.07) is 10.6. The van der Waals surface area contributed by atoms with Crippen LogP contribution in [0.3, 0.4) is 0 Å². The van der Waals surface area contributed by atoms with Crippen molar-refractivity contribution in [2.24, 2.45) is 0 Å². The first-order valence-corrected chi connectivity index (χ1v) is 5.45. The van der Waals surface area contributed by atoms with Gasteiger partial charge in [-0.3, -0.25) is 0 Å². The number of quaternary nitrogens is 2. The molecule has 2 heterocycles. The summed E-state index contributed by atoms with van der Waals surface area (Å²) in [5.41, 5.74) is 0. The minimum atomic E-state index is 0. The van der Waals surface area contributed by atoms with Crippen LogP contribution in [0.25, 0.3) is 0 Å². The molecule has 0 aliphatic rings. The zero-order valence-corrected chi connectivity index (χ0v) is 15.6. The van der Waals surface area contributed by atoms with Gasteiger partial charge in [-0.05, 0) is 12.1 Å². The van der Waals surface area contributed by atoms with Crippen molar-refractivity contribution in [1.82, 2.24) is 9.97 Å². The van der Waals surface area contributed by atoms with Crippen LogP contribution in [-0.4, -0.2) is 24.1 Å². The first kappa shape index (κ1) is 25.6. The van der Waals surface area contributed by atoms with E-state index in [1.165, 1.54) is 14.1 Å². The van der Waals surface area contributed by atoms with E-state index < -0.39 is 0 Å². The molecule has 0 amide bonds. The summed E-state index contributed by atoms with van der Waals surface area (Å²) in [4.78, 5) is 7.66. The Kier molecular flexibility index (Phi) is 17.7. The summed E-state index contributed by atoms with van der Waals surface area (Å²) in [5, 5.41) is 21.2. The fourth-order valence-corrected chi connectivity index (χ4v) is 1.14. The Morgan fingerprint density at radius 3 is 1.24 bits per heavy atom. The number of rotatable bonds is 2. The van der Waals surface area contributed by atoms with Crippen molar-refractivity contribution in [3.8, 4) is 0 Å². The molecule has 2 aromatic rings. The summed E-state index contributed by atoms with van der Waals surface area (Å²) in [6.07, 6.45) is 3.22. The second kappa shape index (κ2) is 14.5. The van der Waals surface area contributed by atoms with Gasteiger partial charge in [-0.15, -0.1) is 0 Å². The first-order chi connectivity index (χ1) is 8.61. The van der Waals surface area contributed by atoms with Gasteiger partial charge in [-0.2, -0.15) is 0 Å². The number of nitrogens with one attached hydrogen (secondary N) is 2. The molecule has 9 heteroatoms. The van der Waals surface area contributed by atoms with Crippen molar-refractivity contribution in [3.05, 3.63) is 59.2 Å². The van der Waals surface area contributed by atoms with Crippen molar-refractivity contribution in [1.29, 1.82) is 0 Å². The van der Waals surface area contributed by atoms with Crippen LogP contribution in [0, 0.1) is 10.4 Å². The maximum absolute atomic E-state index is 10.6. The van der Waals surface area contributed by atoms with Crippen LogP contribution in [0.1, 0.15) is 0 Å². The third kappa shape index (κ3) is 10.9. The number of halogens is 2. The fourth-order valence-electron chi connectivity index (χ4n) is 1.14. The van der Waals surface area contributed by atoms with Gasteiger partial charge in [0.1, 0.15) is 0 Å². The molecule has 0 aliphatic heterocycles. The Morgan fingerprint density at radius 2 is 1.10 bits per heavy atom. The predicted molar refractivity (Wildman–Crippen MR) is 68.3 cm³/mol. The van der Waals surface area contributed by atoms with Crippen molar-refractivity contribution in [3.63, 3.8) is 0 Å². The quantitative estimate of drug-likeness (QED) is 0.483. The number of hydroxylamine groups is 2. The molecular weight excluding hydrogens is 394 g/mol. The number of pyridine rings is 2. The molecule has 0 saturated heterocycles. The van der Waals surface area contributed by atoms with E-state index in [-0.39, 0.29) is 61.1 Å². The van der Waals surface area contributed by atoms with Crippen molar-refractivity contribution in [2.45, 2.75) is 0 Å². The van der Waals surface area contributed by atoms with Gasteiger partial charge in [-0.1, -0.05) is 12.1 Å². The summed E-state index contributed by atoms with van der Waals surface area (Å²) in [5.74, 6) is 1.05. The molecule has 0 fully saturated rings. The Labute approximate surface area is 155 Å². The predicted octanol–water partition coefficient (Wildman–Crippen LogP) is -6.54. The van der Waals surface area contributed by atoms with Crippen LogP contribution in [0.2, 0.25) is 0 Å². The van der Waals surface area contributed by atoms with Gasteiger partial charge in [0, 0.05) is 24.5 Å². The molecule has 0 bridgehead atoms. The molecular formula is C12H16Cl2N4O2Zr. The maximum Gasteiger partial charge on any atom is 2.00 e. The topological polar surface area (TPSA) is 80.8 Å². The molecule has 0 aromatic carbocycles. The van der Waals surface area contributed by atoms with Crippen LogP contribution >= 0.6 is 0 Å². The molecule has 0 spiro atoms. The SMILES string of the molecule is C[NH+]([O-])c1ccccn1.C[NH+]([O-])c1ccccn1.[Cl-].[Cl-].[Zr+2]. The average Bonchev–Trinajstić information content (AvgIpc) is 2.41. The summed E-state index contributed by atoms with van der Waals surface area (Å²) in [7, 11) is 3.00. The van der Waals surface area contributed by atoms with E-state index in [1.54, 1.807) is 48.8 Å². The Balaban J connectivity index is -0.000000270. The van der Waals surface area contributed by atoms with E-state index in [0.717, 1.165) is 0 Å². The summed E-state index contributed by atoms with van der Waals surface area (Å²) >= 11 is 0. The van der Waals surface area contributed by atoms with Crippen molar-refractivity contribution >= 4 is 11.6 Å². The number of nitrogens with zero attached hydrogens (tertiary/aromatic N) is 2. The second-order valence-corrected chi connectivity index (χ2v) is 3.54. The Morgan fingerprint density at radius 1 is 0.762 bits per heavy atom. The third-order valence-electron chi connectivity index (χ3n) is 2.05. The van der Waals surface area contributed by atoms with Gasteiger partial charge < -0.3 is 45.4 Å². The van der Waals surface area contributed by atoms with Gasteiger partial charge in [0.05, 0.1) is 14.1 Å². The molecule has 114 valence electrons. The van der Waals surface area contributed by atoms with E-state index in [2.05, 4.69) is 9.97 Å². The van der Waals surface area contributed by atoms with Crippen molar-refractivity contribution in [2.75, 3.05) is 14.1 Å². The third-order valence-corrected chi connectivity index (χ3v) is 2.05. The van der Waals surface area contributed by atoms with Crippen molar-refractivity contribution < 1.29 is 61.1 Å². The Bertz CT molecular complexity index is 406. The molecule has 0 radical (unpaired) electrons. The standard InChI is InChI=1S/2C6H8N2O.2ClH.Zr/c2*1-8(9)6-4-2-3-5-7-6;;;/h2*2-5,8H,1H3;2*1H;/q;;;;+2/p-2. The zero-order valence-electron chi connectivity index (χ0n) is 11.6. The summed E-state index contributed by atoms with van der Waals surface area (Å²) in [6.45, 7) is 0. The number of hydrogen-bond acceptors (Lipinski definition) is 4.